The van der Waals surface area contributed by atoms with Gasteiger partial charge in [-0.2, -0.15) is 0 Å². The zero-order valence-electron chi connectivity index (χ0n) is 8.92. The average molecular weight is 291 g/mol. The topological polar surface area (TPSA) is 12.0 Å². The summed E-state index contributed by atoms with van der Waals surface area (Å²) >= 11 is 3.64. The normalized spacial score (nSPS) is 20.8. The molecule has 1 nitrogen and oxygen atoms in total. The molecule has 0 saturated carbocycles. The second kappa shape index (κ2) is 5.88. The van der Waals surface area contributed by atoms with Gasteiger partial charge in [0.15, 0.2) is 0 Å². The maximum atomic E-state index is 3.64. The molecule has 1 aromatic carbocycles. The van der Waals surface area contributed by atoms with E-state index in [0.717, 1.165) is 6.54 Å². The van der Waals surface area contributed by atoms with Crippen molar-refractivity contribution in [2.24, 2.45) is 0 Å². The van der Waals surface area contributed by atoms with E-state index in [1.54, 1.807) is 0 Å². The van der Waals surface area contributed by atoms with Crippen LogP contribution in [0, 0.1) is 6.92 Å². The van der Waals surface area contributed by atoms with Crippen molar-refractivity contribution in [3.05, 3.63) is 33.8 Å². The SMILES string of the molecule is Cc1ccc([C@H]2CCCCN2)c(Br)c1.Cl. The average Bonchev–Trinajstić information content (AvgIpc) is 2.19. The van der Waals surface area contributed by atoms with E-state index in [4.69, 9.17) is 0 Å². The predicted octanol–water partition coefficient (Wildman–Crippen LogP) is 3.99. The smallest absolute Gasteiger partial charge is 0.0331 e. The minimum absolute atomic E-state index is 0. The molecule has 0 radical (unpaired) electrons. The molecule has 1 aliphatic heterocycles. The summed E-state index contributed by atoms with van der Waals surface area (Å²) in [5.41, 5.74) is 2.73. The summed E-state index contributed by atoms with van der Waals surface area (Å²) in [7, 11) is 0. The highest BCUT2D eigenvalue weighted by Gasteiger charge is 2.16. The number of benzene rings is 1. The van der Waals surface area contributed by atoms with Crippen molar-refractivity contribution in [3.8, 4) is 0 Å². The van der Waals surface area contributed by atoms with E-state index < -0.39 is 0 Å². The number of aryl methyl sites for hydroxylation is 1. The first-order valence-electron chi connectivity index (χ1n) is 5.27. The number of rotatable bonds is 1. The Labute approximate surface area is 106 Å². The van der Waals surface area contributed by atoms with Gasteiger partial charge in [0, 0.05) is 10.5 Å². The van der Waals surface area contributed by atoms with Crippen molar-refractivity contribution in [3.63, 3.8) is 0 Å². The van der Waals surface area contributed by atoms with Crippen LogP contribution in [0.2, 0.25) is 0 Å². The monoisotopic (exact) mass is 289 g/mol. The first-order chi connectivity index (χ1) is 6.77. The Balaban J connectivity index is 0.00000112. The Morgan fingerprint density at radius 1 is 1.33 bits per heavy atom. The summed E-state index contributed by atoms with van der Waals surface area (Å²) in [6.07, 6.45) is 3.93. The van der Waals surface area contributed by atoms with Gasteiger partial charge in [-0.1, -0.05) is 34.5 Å². The molecule has 1 fully saturated rings. The van der Waals surface area contributed by atoms with E-state index in [1.807, 2.05) is 0 Å². The summed E-state index contributed by atoms with van der Waals surface area (Å²) < 4.78 is 1.25. The van der Waals surface area contributed by atoms with Crippen molar-refractivity contribution < 1.29 is 0 Å². The Kier molecular flexibility index (Phi) is 5.10. The molecule has 0 aliphatic carbocycles. The second-order valence-electron chi connectivity index (χ2n) is 4.03. The lowest BCUT2D eigenvalue weighted by atomic mass is 9.97. The third-order valence-corrected chi connectivity index (χ3v) is 3.53. The fourth-order valence-corrected chi connectivity index (χ4v) is 2.80. The van der Waals surface area contributed by atoms with Crippen LogP contribution in [0.3, 0.4) is 0 Å². The molecule has 1 N–H and O–H groups in total. The van der Waals surface area contributed by atoms with Gasteiger partial charge in [0.25, 0.3) is 0 Å². The molecule has 84 valence electrons. The summed E-state index contributed by atoms with van der Waals surface area (Å²) in [5, 5.41) is 3.57. The number of piperidine rings is 1. The van der Waals surface area contributed by atoms with Crippen LogP contribution in [-0.4, -0.2) is 6.54 Å². The van der Waals surface area contributed by atoms with Crippen molar-refractivity contribution in [2.45, 2.75) is 32.2 Å². The van der Waals surface area contributed by atoms with Gasteiger partial charge in [-0.25, -0.2) is 0 Å². The second-order valence-corrected chi connectivity index (χ2v) is 4.88. The molecular weight excluding hydrogens is 273 g/mol. The van der Waals surface area contributed by atoms with E-state index in [1.165, 1.54) is 34.9 Å². The van der Waals surface area contributed by atoms with Crippen LogP contribution in [0.15, 0.2) is 22.7 Å². The fraction of sp³-hybridized carbons (Fsp3) is 0.500. The van der Waals surface area contributed by atoms with Gasteiger partial charge in [0.2, 0.25) is 0 Å². The van der Waals surface area contributed by atoms with Gasteiger partial charge < -0.3 is 5.32 Å². The standard InChI is InChI=1S/C12H16BrN.ClH/c1-9-5-6-10(11(13)8-9)12-4-2-3-7-14-12;/h5-6,8,12,14H,2-4,7H2,1H3;1H/t12-;/m1./s1. The van der Waals surface area contributed by atoms with Gasteiger partial charge in [-0.15, -0.1) is 12.4 Å². The van der Waals surface area contributed by atoms with Crippen molar-refractivity contribution >= 4 is 28.3 Å². The zero-order valence-corrected chi connectivity index (χ0v) is 11.3. The molecule has 0 aromatic heterocycles. The van der Waals surface area contributed by atoms with Crippen molar-refractivity contribution in [2.75, 3.05) is 6.54 Å². The molecule has 1 heterocycles. The minimum Gasteiger partial charge on any atom is -0.310 e. The van der Waals surface area contributed by atoms with E-state index in [2.05, 4.69) is 46.4 Å². The summed E-state index contributed by atoms with van der Waals surface area (Å²) in [6.45, 7) is 3.29. The van der Waals surface area contributed by atoms with Crippen molar-refractivity contribution in [1.29, 1.82) is 0 Å². The lowest BCUT2D eigenvalue weighted by molar-refractivity contribution is 0.411. The van der Waals surface area contributed by atoms with Crippen LogP contribution in [0.4, 0.5) is 0 Å². The third-order valence-electron chi connectivity index (χ3n) is 2.84. The number of halogens is 2. The molecule has 2 rings (SSSR count). The molecule has 0 bridgehead atoms. The molecule has 0 amide bonds. The molecule has 1 atom stereocenters. The molecule has 15 heavy (non-hydrogen) atoms. The van der Waals surface area contributed by atoms with Crippen LogP contribution >= 0.6 is 28.3 Å². The van der Waals surface area contributed by atoms with Gasteiger partial charge in [0.1, 0.15) is 0 Å². The van der Waals surface area contributed by atoms with Crippen LogP contribution in [-0.2, 0) is 0 Å². The lowest BCUT2D eigenvalue weighted by Crippen LogP contribution is -2.26. The highest BCUT2D eigenvalue weighted by atomic mass is 79.9. The predicted molar refractivity (Wildman–Crippen MR) is 70.7 cm³/mol. The number of nitrogens with one attached hydrogen (secondary N) is 1. The molecule has 1 saturated heterocycles. The minimum atomic E-state index is 0. The summed E-state index contributed by atoms with van der Waals surface area (Å²) in [5.74, 6) is 0. The van der Waals surface area contributed by atoms with E-state index in [9.17, 15) is 0 Å². The van der Waals surface area contributed by atoms with Crippen LogP contribution in [0.25, 0.3) is 0 Å². The first-order valence-corrected chi connectivity index (χ1v) is 6.06. The number of hydrogen-bond acceptors (Lipinski definition) is 1. The summed E-state index contributed by atoms with van der Waals surface area (Å²) in [4.78, 5) is 0. The Bertz CT molecular complexity index is 321. The number of hydrogen-bond donors (Lipinski definition) is 1. The zero-order chi connectivity index (χ0) is 9.97. The van der Waals surface area contributed by atoms with E-state index >= 15 is 0 Å². The Morgan fingerprint density at radius 2 is 2.13 bits per heavy atom. The van der Waals surface area contributed by atoms with E-state index in [-0.39, 0.29) is 12.4 Å². The van der Waals surface area contributed by atoms with Gasteiger partial charge in [-0.3, -0.25) is 0 Å². The maximum Gasteiger partial charge on any atom is 0.0331 e. The Morgan fingerprint density at radius 3 is 2.73 bits per heavy atom. The first kappa shape index (κ1) is 13.0. The summed E-state index contributed by atoms with van der Waals surface area (Å²) in [6, 6.07) is 7.18. The quantitative estimate of drug-likeness (QED) is 0.824. The van der Waals surface area contributed by atoms with Gasteiger partial charge in [0.05, 0.1) is 0 Å². The van der Waals surface area contributed by atoms with Gasteiger partial charge >= 0.3 is 0 Å². The molecule has 0 unspecified atom stereocenters. The van der Waals surface area contributed by atoms with Crippen LogP contribution in [0.1, 0.15) is 36.4 Å². The molecule has 1 aliphatic rings. The lowest BCUT2D eigenvalue weighted by Gasteiger charge is -2.24. The molecule has 3 heteroatoms. The Hall–Kier alpha value is -0.0500. The highest BCUT2D eigenvalue weighted by molar-refractivity contribution is 9.10. The maximum absolute atomic E-state index is 3.64. The van der Waals surface area contributed by atoms with Crippen molar-refractivity contribution in [1.82, 2.24) is 5.32 Å². The fourth-order valence-electron chi connectivity index (χ4n) is 2.03. The van der Waals surface area contributed by atoms with E-state index in [0.29, 0.717) is 6.04 Å². The molecular formula is C12H17BrClN. The third kappa shape index (κ3) is 3.20. The van der Waals surface area contributed by atoms with Gasteiger partial charge in [-0.05, 0) is 43.5 Å². The molecule has 1 aromatic rings. The highest BCUT2D eigenvalue weighted by Crippen LogP contribution is 2.29. The van der Waals surface area contributed by atoms with Crippen LogP contribution in [0.5, 0.6) is 0 Å². The molecule has 0 spiro atoms. The largest absolute Gasteiger partial charge is 0.310 e. The van der Waals surface area contributed by atoms with Crippen LogP contribution < -0.4 is 5.32 Å².